The predicted octanol–water partition coefficient (Wildman–Crippen LogP) is 3.51. The summed E-state index contributed by atoms with van der Waals surface area (Å²) < 4.78 is -0.360. The number of aliphatic carboxylic acids is 1. The molecule has 0 spiro atoms. The van der Waals surface area contributed by atoms with Crippen LogP contribution in [-0.2, 0) is 11.3 Å². The molecule has 7 heteroatoms. The first kappa shape index (κ1) is 15.3. The lowest BCUT2D eigenvalue weighted by atomic mass is 10.0. The van der Waals surface area contributed by atoms with Crippen molar-refractivity contribution < 1.29 is 9.90 Å². The van der Waals surface area contributed by atoms with Gasteiger partial charge in [0.15, 0.2) is 11.9 Å². The van der Waals surface area contributed by atoms with Gasteiger partial charge in [-0.1, -0.05) is 12.1 Å². The number of nitrogens with zero attached hydrogens (tertiary/aromatic N) is 3. The zero-order valence-electron chi connectivity index (χ0n) is 13.0. The molecule has 1 aromatic heterocycles. The number of hydrogen-bond donors (Lipinski definition) is 2. The maximum absolute atomic E-state index is 11.3. The SMILES string of the molecule is N#C[N+]12C=C(C(=O)O)N=C1C=Cc1cccc(NCc3cccs3)c12. The first-order valence-corrected chi connectivity index (χ1v) is 8.45. The quantitative estimate of drug-likeness (QED) is 0.653. The largest absolute Gasteiger partial charge is 0.476 e. The molecule has 122 valence electrons. The molecule has 2 aliphatic rings. The molecule has 0 bridgehead atoms. The summed E-state index contributed by atoms with van der Waals surface area (Å²) in [5, 5.41) is 24.6. The Balaban J connectivity index is 1.83. The Bertz CT molecular complexity index is 999. The highest BCUT2D eigenvalue weighted by Gasteiger charge is 2.47. The summed E-state index contributed by atoms with van der Waals surface area (Å²) in [5.41, 5.74) is 2.22. The predicted molar refractivity (Wildman–Crippen MR) is 97.7 cm³/mol. The topological polar surface area (TPSA) is 85.5 Å². The Morgan fingerprint density at radius 3 is 2.92 bits per heavy atom. The van der Waals surface area contributed by atoms with Crippen LogP contribution in [0.2, 0.25) is 0 Å². The van der Waals surface area contributed by atoms with Gasteiger partial charge in [-0.15, -0.1) is 21.1 Å². The Morgan fingerprint density at radius 1 is 1.32 bits per heavy atom. The molecule has 1 aromatic carbocycles. The Morgan fingerprint density at radius 2 is 2.20 bits per heavy atom. The number of nitriles is 1. The van der Waals surface area contributed by atoms with Crippen LogP contribution in [-0.4, -0.2) is 16.9 Å². The average molecular weight is 349 g/mol. The van der Waals surface area contributed by atoms with Gasteiger partial charge in [0.2, 0.25) is 5.70 Å². The van der Waals surface area contributed by atoms with Crippen molar-refractivity contribution in [2.75, 3.05) is 5.32 Å². The van der Waals surface area contributed by atoms with Gasteiger partial charge in [0.1, 0.15) is 0 Å². The van der Waals surface area contributed by atoms with Crippen LogP contribution < -0.4 is 9.80 Å². The number of fused-ring (bicyclic) bond motifs is 3. The van der Waals surface area contributed by atoms with E-state index in [4.69, 9.17) is 0 Å². The van der Waals surface area contributed by atoms with E-state index >= 15 is 0 Å². The molecular formula is C18H13N4O2S+. The molecule has 2 N–H and O–H groups in total. The number of para-hydroxylation sites is 1. The van der Waals surface area contributed by atoms with E-state index in [1.165, 1.54) is 11.1 Å². The van der Waals surface area contributed by atoms with Crippen molar-refractivity contribution in [1.29, 1.82) is 5.26 Å². The Labute approximate surface area is 147 Å². The monoisotopic (exact) mass is 349 g/mol. The number of carbonyl (C=O) groups is 1. The van der Waals surface area contributed by atoms with Crippen LogP contribution in [0.15, 0.2) is 58.7 Å². The van der Waals surface area contributed by atoms with Crippen molar-refractivity contribution in [2.45, 2.75) is 6.54 Å². The molecule has 4 rings (SSSR count). The number of rotatable bonds is 4. The smallest absolute Gasteiger partial charge is 0.360 e. The molecule has 1 unspecified atom stereocenters. The molecule has 0 fully saturated rings. The summed E-state index contributed by atoms with van der Waals surface area (Å²) in [5.74, 6) is -0.758. The number of hydrogen-bond acceptors (Lipinski definition) is 5. The zero-order valence-corrected chi connectivity index (χ0v) is 13.8. The maximum Gasteiger partial charge on any atom is 0.360 e. The summed E-state index contributed by atoms with van der Waals surface area (Å²) in [6.45, 7) is 0.630. The molecule has 6 nitrogen and oxygen atoms in total. The molecule has 0 saturated heterocycles. The normalized spacial score (nSPS) is 20.1. The first-order valence-electron chi connectivity index (χ1n) is 7.57. The third-order valence-electron chi connectivity index (χ3n) is 4.15. The van der Waals surface area contributed by atoms with E-state index in [9.17, 15) is 15.2 Å². The highest BCUT2D eigenvalue weighted by molar-refractivity contribution is 7.09. The number of quaternary nitrogens is 1. The number of carboxylic acid groups (broad SMARTS) is 1. The molecule has 0 amide bonds. The minimum absolute atomic E-state index is 0.123. The van der Waals surface area contributed by atoms with Crippen molar-refractivity contribution in [2.24, 2.45) is 4.99 Å². The van der Waals surface area contributed by atoms with E-state index in [0.717, 1.165) is 11.3 Å². The molecule has 2 aromatic rings. The van der Waals surface area contributed by atoms with Crippen molar-refractivity contribution in [3.63, 3.8) is 0 Å². The molecule has 0 saturated carbocycles. The number of aliphatic imine (C=N–C) groups is 1. The second-order valence-corrected chi connectivity index (χ2v) is 6.65. The lowest BCUT2D eigenvalue weighted by Crippen LogP contribution is -2.44. The summed E-state index contributed by atoms with van der Waals surface area (Å²) in [7, 11) is 0. The Kier molecular flexibility index (Phi) is 3.50. The van der Waals surface area contributed by atoms with Crippen molar-refractivity contribution in [3.8, 4) is 6.19 Å². The van der Waals surface area contributed by atoms with Gasteiger partial charge in [0.05, 0.1) is 5.69 Å². The van der Waals surface area contributed by atoms with Gasteiger partial charge >= 0.3 is 12.2 Å². The van der Waals surface area contributed by atoms with E-state index in [1.807, 2.05) is 41.8 Å². The van der Waals surface area contributed by atoms with Crippen molar-refractivity contribution in [1.82, 2.24) is 4.48 Å². The molecule has 1 atom stereocenters. The van der Waals surface area contributed by atoms with Crippen LogP contribution >= 0.6 is 11.3 Å². The maximum atomic E-state index is 11.3. The van der Waals surface area contributed by atoms with Crippen LogP contribution in [0.3, 0.4) is 0 Å². The summed E-state index contributed by atoms with van der Waals surface area (Å²) in [6, 6.07) is 9.73. The van der Waals surface area contributed by atoms with E-state index in [2.05, 4.69) is 16.5 Å². The lowest BCUT2D eigenvalue weighted by Gasteiger charge is -2.27. The fourth-order valence-electron chi connectivity index (χ4n) is 3.04. The van der Waals surface area contributed by atoms with Crippen molar-refractivity contribution in [3.05, 3.63) is 64.1 Å². The van der Waals surface area contributed by atoms with E-state index in [-0.39, 0.29) is 10.2 Å². The van der Waals surface area contributed by atoms with Gasteiger partial charge in [-0.3, -0.25) is 0 Å². The lowest BCUT2D eigenvalue weighted by molar-refractivity contribution is -0.132. The fraction of sp³-hybridized carbons (Fsp3) is 0.0556. The standard InChI is InChI=1S/C18H12N4O2S/c19-11-22-10-15(18(23)24)21-16(22)7-6-12-3-1-5-14(17(12)22)20-9-13-4-2-8-25-13/h1-8,10,20H,9H2/p+1. The van der Waals surface area contributed by atoms with Crippen molar-refractivity contribution >= 4 is 40.6 Å². The van der Waals surface area contributed by atoms with Gasteiger partial charge in [-0.25, -0.2) is 4.79 Å². The van der Waals surface area contributed by atoms with Crippen LogP contribution in [0.4, 0.5) is 11.4 Å². The van der Waals surface area contributed by atoms with Gasteiger partial charge in [-0.2, -0.15) is 4.99 Å². The fourth-order valence-corrected chi connectivity index (χ4v) is 3.68. The van der Waals surface area contributed by atoms with E-state index in [1.54, 1.807) is 17.4 Å². The molecule has 0 radical (unpaired) electrons. The van der Waals surface area contributed by atoms with Gasteiger partial charge in [0, 0.05) is 23.1 Å². The second-order valence-electron chi connectivity index (χ2n) is 5.62. The number of nitrogens with one attached hydrogen (secondary N) is 1. The average Bonchev–Trinajstić information content (AvgIpc) is 3.27. The minimum atomic E-state index is -1.14. The number of carboxylic acids is 1. The summed E-state index contributed by atoms with van der Waals surface area (Å²) in [6.07, 6.45) is 7.17. The molecule has 25 heavy (non-hydrogen) atoms. The first-order chi connectivity index (χ1) is 12.1. The zero-order chi connectivity index (χ0) is 17.4. The molecule has 2 aliphatic heterocycles. The highest BCUT2D eigenvalue weighted by atomic mass is 32.1. The van der Waals surface area contributed by atoms with Crippen LogP contribution in [0.25, 0.3) is 6.08 Å². The molecule has 3 heterocycles. The summed E-state index contributed by atoms with van der Waals surface area (Å²) in [4.78, 5) is 16.6. The second kappa shape index (κ2) is 5.70. The summed E-state index contributed by atoms with van der Waals surface area (Å²) >= 11 is 1.65. The van der Waals surface area contributed by atoms with Crippen LogP contribution in [0.1, 0.15) is 10.4 Å². The third-order valence-corrected chi connectivity index (χ3v) is 5.03. The van der Waals surface area contributed by atoms with Gasteiger partial charge in [-0.05, 0) is 29.7 Å². The number of thiophene rings is 1. The minimum Gasteiger partial charge on any atom is -0.476 e. The van der Waals surface area contributed by atoms with Gasteiger partial charge < -0.3 is 10.4 Å². The number of anilines is 1. The van der Waals surface area contributed by atoms with E-state index < -0.39 is 5.97 Å². The molecule has 0 aliphatic carbocycles. The Hall–Kier alpha value is -3.21. The highest BCUT2D eigenvalue weighted by Crippen LogP contribution is 2.43. The van der Waals surface area contributed by atoms with Crippen LogP contribution in [0.5, 0.6) is 0 Å². The third kappa shape index (κ3) is 2.36. The van der Waals surface area contributed by atoms with Crippen LogP contribution in [0, 0.1) is 11.5 Å². The van der Waals surface area contributed by atoms with Gasteiger partial charge in [0.25, 0.3) is 5.84 Å². The number of amidine groups is 1. The number of benzene rings is 1. The van der Waals surface area contributed by atoms with E-state index in [0.29, 0.717) is 18.1 Å². The molecular weight excluding hydrogens is 336 g/mol.